The Kier molecular flexibility index (Phi) is 7.84. The number of benzene rings is 2. The number of nitrogens with zero attached hydrogens (tertiary/aromatic N) is 3. The third-order valence-electron chi connectivity index (χ3n) is 6.96. The second-order valence-electron chi connectivity index (χ2n) is 9.89. The van der Waals surface area contributed by atoms with Gasteiger partial charge in [-0.1, -0.05) is 61.9 Å². The van der Waals surface area contributed by atoms with Crippen LogP contribution in [0.25, 0.3) is 22.3 Å². The lowest BCUT2D eigenvalue weighted by molar-refractivity contribution is 0.166. The van der Waals surface area contributed by atoms with Gasteiger partial charge in [-0.25, -0.2) is 19.1 Å². The maximum atomic E-state index is 15.7. The maximum Gasteiger partial charge on any atom is 0.150 e. The van der Waals surface area contributed by atoms with Gasteiger partial charge in [-0.2, -0.15) is 0 Å². The van der Waals surface area contributed by atoms with Gasteiger partial charge in [-0.3, -0.25) is 8.61 Å². The van der Waals surface area contributed by atoms with E-state index < -0.39 is 23.1 Å². The quantitative estimate of drug-likeness (QED) is 0.260. The van der Waals surface area contributed by atoms with E-state index in [2.05, 4.69) is 9.71 Å². The largest absolute Gasteiger partial charge is 0.760 e. The average Bonchev–Trinajstić information content (AvgIpc) is 3.31. The summed E-state index contributed by atoms with van der Waals surface area (Å²) in [5.74, 6) is 0.394. The lowest BCUT2D eigenvalue weighted by Crippen LogP contribution is -2.25. The van der Waals surface area contributed by atoms with Gasteiger partial charge in [-0.05, 0) is 42.5 Å². The third-order valence-corrected chi connectivity index (χ3v) is 7.73. The number of allylic oxidation sites excluding steroid dienone is 1. The van der Waals surface area contributed by atoms with E-state index in [1.54, 1.807) is 36.5 Å². The molecule has 0 bridgehead atoms. The first kappa shape index (κ1) is 27.4. The lowest BCUT2D eigenvalue weighted by Gasteiger charge is -2.22. The summed E-state index contributed by atoms with van der Waals surface area (Å²) < 4.78 is 43.2. The topological polar surface area (TPSA) is 129 Å². The van der Waals surface area contributed by atoms with E-state index in [1.807, 2.05) is 24.3 Å². The van der Waals surface area contributed by atoms with Crippen LogP contribution < -0.4 is 10.5 Å². The van der Waals surface area contributed by atoms with Crippen molar-refractivity contribution < 1.29 is 18.3 Å². The monoisotopic (exact) mass is 568 g/mol. The molecule has 39 heavy (non-hydrogen) atoms. The highest BCUT2D eigenvalue weighted by molar-refractivity contribution is 7.77. The molecule has 3 atom stereocenters. The van der Waals surface area contributed by atoms with Gasteiger partial charge in [0.05, 0.1) is 24.0 Å². The zero-order chi connectivity index (χ0) is 27.8. The molecular formula is C28H28ClFN5O3S-. The van der Waals surface area contributed by atoms with Crippen molar-refractivity contribution in [2.45, 2.75) is 51.2 Å². The van der Waals surface area contributed by atoms with E-state index in [9.17, 15) is 13.9 Å². The number of nitrogens with one attached hydrogen (secondary N) is 1. The number of nitrogen functional groups attached to an aromatic ring is 1. The van der Waals surface area contributed by atoms with E-state index in [0.717, 1.165) is 17.1 Å². The molecule has 0 aliphatic heterocycles. The van der Waals surface area contributed by atoms with Crippen molar-refractivity contribution in [3.05, 3.63) is 88.2 Å². The third kappa shape index (κ3) is 5.35. The Morgan fingerprint density at radius 3 is 2.67 bits per heavy atom. The van der Waals surface area contributed by atoms with Gasteiger partial charge in [-0.15, -0.1) is 0 Å². The first-order valence-electron chi connectivity index (χ1n) is 12.6. The Balaban J connectivity index is 1.66. The summed E-state index contributed by atoms with van der Waals surface area (Å²) in [6.07, 6.45) is 5.27. The molecule has 0 amide bonds. The molecule has 11 heteroatoms. The highest BCUT2D eigenvalue weighted by Crippen LogP contribution is 2.37. The van der Waals surface area contributed by atoms with Gasteiger partial charge in [0.1, 0.15) is 28.7 Å². The number of hydrogen-bond donors (Lipinski definition) is 3. The van der Waals surface area contributed by atoms with Crippen LogP contribution in [0.3, 0.4) is 0 Å². The molecule has 2 heterocycles. The zero-order valence-corrected chi connectivity index (χ0v) is 23.0. The molecule has 1 aliphatic rings. The number of fused-ring (bicyclic) bond motifs is 1. The fraction of sp³-hybridized carbons (Fsp3) is 0.286. The van der Waals surface area contributed by atoms with Crippen molar-refractivity contribution in [1.82, 2.24) is 19.1 Å². The minimum atomic E-state index is -2.67. The molecule has 0 saturated carbocycles. The molecule has 0 spiro atoms. The molecular weight excluding hydrogens is 541 g/mol. The molecule has 204 valence electrons. The Labute approximate surface area is 233 Å². The van der Waals surface area contributed by atoms with Crippen molar-refractivity contribution in [3.63, 3.8) is 0 Å². The van der Waals surface area contributed by atoms with E-state index in [4.69, 9.17) is 22.3 Å². The van der Waals surface area contributed by atoms with E-state index in [0.29, 0.717) is 46.6 Å². The van der Waals surface area contributed by atoms with E-state index in [1.165, 1.54) is 12.1 Å². The second kappa shape index (κ2) is 11.1. The molecule has 0 fully saturated rings. The van der Waals surface area contributed by atoms with Crippen LogP contribution in [0.1, 0.15) is 67.7 Å². The Morgan fingerprint density at radius 2 is 2.03 bits per heavy atom. The van der Waals surface area contributed by atoms with Crippen LogP contribution in [0, 0.1) is 5.82 Å². The van der Waals surface area contributed by atoms with Crippen LogP contribution in [0.4, 0.5) is 10.2 Å². The van der Waals surface area contributed by atoms with Gasteiger partial charge < -0.3 is 15.4 Å². The van der Waals surface area contributed by atoms with Gasteiger partial charge in [0.2, 0.25) is 0 Å². The summed E-state index contributed by atoms with van der Waals surface area (Å²) >= 11 is 3.65. The maximum absolute atomic E-state index is 15.7. The van der Waals surface area contributed by atoms with Crippen molar-refractivity contribution in [2.24, 2.45) is 0 Å². The lowest BCUT2D eigenvalue weighted by atomic mass is 9.95. The number of hydrogen-bond acceptors (Lipinski definition) is 6. The summed E-state index contributed by atoms with van der Waals surface area (Å²) in [4.78, 5) is 9.33. The standard InChI is InChI=1S/C28H29ClFN5O3S/c1-15(2)28-33-24(26-27(31)32-14-23(35(26)28)16-7-10-18(36)11-8-16)17-9-12-20(22(30)13-17)25(34-39(37)38)19-5-3-4-6-21(19)29/h3-7,9,12-15,18,25,34,36H,8,10-11H2,1-2H3,(H2,31,32)(H,37,38)/p-1. The number of aromatic nitrogens is 3. The molecule has 3 unspecified atom stereocenters. The highest BCUT2D eigenvalue weighted by atomic mass is 35.5. The van der Waals surface area contributed by atoms with Gasteiger partial charge in [0.25, 0.3) is 0 Å². The van der Waals surface area contributed by atoms with Crippen molar-refractivity contribution in [1.29, 1.82) is 0 Å². The average molecular weight is 569 g/mol. The number of anilines is 1. The Hall–Kier alpha value is -3.15. The summed E-state index contributed by atoms with van der Waals surface area (Å²) in [5.41, 5.74) is 10.3. The molecule has 0 saturated heterocycles. The van der Waals surface area contributed by atoms with Crippen molar-refractivity contribution >= 4 is 39.8 Å². The fourth-order valence-corrected chi connectivity index (χ4v) is 5.73. The highest BCUT2D eigenvalue weighted by Gasteiger charge is 2.25. The first-order valence-corrected chi connectivity index (χ1v) is 14.0. The van der Waals surface area contributed by atoms with Gasteiger partial charge in [0, 0.05) is 33.3 Å². The minimum Gasteiger partial charge on any atom is -0.760 e. The van der Waals surface area contributed by atoms with Crippen molar-refractivity contribution in [3.8, 4) is 11.3 Å². The van der Waals surface area contributed by atoms with Crippen LogP contribution in [-0.2, 0) is 11.3 Å². The van der Waals surface area contributed by atoms with Gasteiger partial charge >= 0.3 is 0 Å². The number of rotatable bonds is 7. The Morgan fingerprint density at radius 1 is 1.26 bits per heavy atom. The summed E-state index contributed by atoms with van der Waals surface area (Å²) in [6, 6.07) is 10.2. The van der Waals surface area contributed by atoms with Crippen LogP contribution in [0.5, 0.6) is 0 Å². The van der Waals surface area contributed by atoms with Crippen LogP contribution >= 0.6 is 11.6 Å². The van der Waals surface area contributed by atoms with Gasteiger partial charge in [0.15, 0.2) is 0 Å². The summed E-state index contributed by atoms with van der Waals surface area (Å²) in [6.45, 7) is 4.04. The van der Waals surface area contributed by atoms with Crippen LogP contribution in [0.15, 0.2) is 54.7 Å². The molecule has 0 radical (unpaired) electrons. The predicted molar refractivity (Wildman–Crippen MR) is 150 cm³/mol. The smallest absolute Gasteiger partial charge is 0.150 e. The van der Waals surface area contributed by atoms with E-state index >= 15 is 4.39 Å². The van der Waals surface area contributed by atoms with E-state index in [-0.39, 0.29) is 23.4 Å². The normalized spacial score (nSPS) is 17.4. The number of nitrogens with two attached hydrogens (primary N) is 1. The van der Waals surface area contributed by atoms with Crippen LogP contribution in [0.2, 0.25) is 5.02 Å². The number of halogens is 2. The molecule has 1 aliphatic carbocycles. The molecule has 4 N–H and O–H groups in total. The SMILES string of the molecule is CC(C)c1nc(-c2ccc(C(NS(=O)[O-])c3ccccc3Cl)c(F)c2)c2c(N)ncc(C3=CCC(O)CC3)n12. The summed E-state index contributed by atoms with van der Waals surface area (Å²) in [5, 5.41) is 10.3. The molecule has 2 aromatic heterocycles. The number of aliphatic hydroxyl groups excluding tert-OH is 1. The minimum absolute atomic E-state index is 0.0199. The molecule has 5 rings (SSSR count). The fourth-order valence-electron chi connectivity index (χ4n) is 5.04. The zero-order valence-electron chi connectivity index (χ0n) is 21.4. The number of aliphatic hydroxyl groups is 1. The molecule has 4 aromatic rings. The Bertz CT molecular complexity index is 1610. The summed E-state index contributed by atoms with van der Waals surface area (Å²) in [7, 11) is 0. The second-order valence-corrected chi connectivity index (χ2v) is 11.0. The molecule has 2 aromatic carbocycles. The molecule has 8 nitrogen and oxygen atoms in total. The number of imidazole rings is 1. The van der Waals surface area contributed by atoms with Crippen molar-refractivity contribution in [2.75, 3.05) is 5.73 Å². The van der Waals surface area contributed by atoms with Crippen LogP contribution in [-0.4, -0.2) is 34.3 Å². The predicted octanol–water partition coefficient (Wildman–Crippen LogP) is 5.30. The first-order chi connectivity index (χ1) is 18.7.